The number of rotatable bonds is 2. The minimum Gasteiger partial charge on any atom is -0.485 e. The second-order valence-corrected chi connectivity index (χ2v) is 6.09. The van der Waals surface area contributed by atoms with Gasteiger partial charge in [-0.05, 0) is 13.1 Å². The molecule has 6 nitrogen and oxygen atoms in total. The van der Waals surface area contributed by atoms with Crippen LogP contribution in [0.1, 0.15) is 17.2 Å². The molecule has 0 amide bonds. The van der Waals surface area contributed by atoms with Gasteiger partial charge in [0.2, 0.25) is 0 Å². The van der Waals surface area contributed by atoms with Crippen LogP contribution in [-0.2, 0) is 19.7 Å². The number of fused-ring (bicyclic) bond motifs is 2. The molecule has 0 spiro atoms. The van der Waals surface area contributed by atoms with Gasteiger partial charge in [0.25, 0.3) is 0 Å². The zero-order valence-corrected chi connectivity index (χ0v) is 12.9. The van der Waals surface area contributed by atoms with Crippen LogP contribution in [0.2, 0.25) is 0 Å². The van der Waals surface area contributed by atoms with E-state index in [1.807, 2.05) is 12.1 Å². The summed E-state index contributed by atoms with van der Waals surface area (Å²) < 4.78 is 8.06. The van der Waals surface area contributed by atoms with Crippen molar-refractivity contribution in [3.63, 3.8) is 0 Å². The summed E-state index contributed by atoms with van der Waals surface area (Å²) in [6.45, 7) is 6.56. The lowest BCUT2D eigenvalue weighted by Crippen LogP contribution is -2.44. The number of ether oxygens (including phenoxy) is 1. The van der Waals surface area contributed by atoms with Crippen molar-refractivity contribution in [1.29, 1.82) is 0 Å². The van der Waals surface area contributed by atoms with Crippen molar-refractivity contribution in [2.24, 2.45) is 0 Å². The summed E-state index contributed by atoms with van der Waals surface area (Å²) in [6.07, 6.45) is 0. The standard InChI is InChI=1S/C16H21N5O/c1-19-6-8-20(9-7-19)11-15-17-18-16-12-22-14-5-3-2-4-13(14)10-21(15)16/h2-5H,6-12H2,1H3. The van der Waals surface area contributed by atoms with Gasteiger partial charge >= 0.3 is 0 Å². The Bertz CT molecular complexity index is 660. The zero-order chi connectivity index (χ0) is 14.9. The van der Waals surface area contributed by atoms with Crippen molar-refractivity contribution in [3.8, 4) is 5.75 Å². The van der Waals surface area contributed by atoms with E-state index in [9.17, 15) is 0 Å². The lowest BCUT2D eigenvalue weighted by Gasteiger charge is -2.31. The van der Waals surface area contributed by atoms with Crippen molar-refractivity contribution < 1.29 is 4.74 Å². The van der Waals surface area contributed by atoms with Crippen LogP contribution in [0.15, 0.2) is 24.3 Å². The van der Waals surface area contributed by atoms with Gasteiger partial charge < -0.3 is 14.2 Å². The van der Waals surface area contributed by atoms with Gasteiger partial charge in [0, 0.05) is 31.7 Å². The highest BCUT2D eigenvalue weighted by molar-refractivity contribution is 5.34. The average molecular weight is 299 g/mol. The Labute approximate surface area is 130 Å². The Kier molecular flexibility index (Phi) is 3.56. The Morgan fingerprint density at radius 1 is 1.09 bits per heavy atom. The molecule has 2 aromatic rings. The third-order valence-corrected chi connectivity index (χ3v) is 4.52. The van der Waals surface area contributed by atoms with Crippen LogP contribution >= 0.6 is 0 Å². The second-order valence-electron chi connectivity index (χ2n) is 6.09. The molecule has 0 bridgehead atoms. The van der Waals surface area contributed by atoms with Crippen molar-refractivity contribution in [2.45, 2.75) is 19.7 Å². The summed E-state index contributed by atoms with van der Waals surface area (Å²) in [5.41, 5.74) is 1.20. The molecule has 1 aromatic carbocycles. The number of likely N-dealkylation sites (N-methyl/N-ethyl adjacent to an activating group) is 1. The van der Waals surface area contributed by atoms with Crippen LogP contribution in [0.3, 0.4) is 0 Å². The second kappa shape index (κ2) is 5.70. The van der Waals surface area contributed by atoms with E-state index >= 15 is 0 Å². The first-order valence-electron chi connectivity index (χ1n) is 7.82. The van der Waals surface area contributed by atoms with E-state index in [2.05, 4.69) is 43.7 Å². The number of hydrogen-bond donors (Lipinski definition) is 0. The smallest absolute Gasteiger partial charge is 0.171 e. The minimum atomic E-state index is 0.493. The third kappa shape index (κ3) is 2.60. The summed E-state index contributed by atoms with van der Waals surface area (Å²) in [5.74, 6) is 2.92. The Morgan fingerprint density at radius 3 is 2.77 bits per heavy atom. The van der Waals surface area contributed by atoms with Crippen molar-refractivity contribution >= 4 is 0 Å². The number of para-hydroxylation sites is 1. The number of piperazine rings is 1. The largest absolute Gasteiger partial charge is 0.485 e. The predicted octanol–water partition coefficient (Wildman–Crippen LogP) is 0.966. The van der Waals surface area contributed by atoms with Crippen LogP contribution in [0.4, 0.5) is 0 Å². The van der Waals surface area contributed by atoms with Crippen molar-refractivity contribution in [1.82, 2.24) is 24.6 Å². The summed E-state index contributed by atoms with van der Waals surface area (Å²) >= 11 is 0. The third-order valence-electron chi connectivity index (χ3n) is 4.52. The minimum absolute atomic E-state index is 0.493. The monoisotopic (exact) mass is 299 g/mol. The van der Waals surface area contributed by atoms with Gasteiger partial charge in [0.1, 0.15) is 18.2 Å². The maximum Gasteiger partial charge on any atom is 0.171 e. The van der Waals surface area contributed by atoms with Crippen LogP contribution in [0, 0.1) is 0 Å². The quantitative estimate of drug-likeness (QED) is 0.827. The summed E-state index contributed by atoms with van der Waals surface area (Å²) in [6, 6.07) is 8.20. The van der Waals surface area contributed by atoms with E-state index < -0.39 is 0 Å². The molecular weight excluding hydrogens is 278 g/mol. The van der Waals surface area contributed by atoms with Crippen LogP contribution in [-0.4, -0.2) is 57.8 Å². The summed E-state index contributed by atoms with van der Waals surface area (Å²) in [5, 5.41) is 8.73. The fraction of sp³-hybridized carbons (Fsp3) is 0.500. The Balaban J connectivity index is 1.56. The van der Waals surface area contributed by atoms with Gasteiger partial charge in [-0.1, -0.05) is 18.2 Å². The molecule has 0 aliphatic carbocycles. The fourth-order valence-electron chi connectivity index (χ4n) is 3.07. The molecule has 1 aromatic heterocycles. The van der Waals surface area contributed by atoms with E-state index in [1.165, 1.54) is 5.56 Å². The fourth-order valence-corrected chi connectivity index (χ4v) is 3.07. The number of benzene rings is 1. The topological polar surface area (TPSA) is 46.4 Å². The number of nitrogens with zero attached hydrogens (tertiary/aromatic N) is 5. The molecule has 116 valence electrons. The molecule has 1 saturated heterocycles. The molecule has 0 radical (unpaired) electrons. The highest BCUT2D eigenvalue weighted by atomic mass is 16.5. The first kappa shape index (κ1) is 13.7. The molecule has 2 aliphatic rings. The Hall–Kier alpha value is -1.92. The van der Waals surface area contributed by atoms with E-state index in [0.29, 0.717) is 6.61 Å². The van der Waals surface area contributed by atoms with Gasteiger partial charge in [-0.2, -0.15) is 0 Å². The van der Waals surface area contributed by atoms with Crippen LogP contribution in [0.5, 0.6) is 5.75 Å². The summed E-state index contributed by atoms with van der Waals surface area (Å²) in [7, 11) is 2.18. The molecule has 22 heavy (non-hydrogen) atoms. The number of aromatic nitrogens is 3. The van der Waals surface area contributed by atoms with Gasteiger partial charge in [0.05, 0.1) is 13.1 Å². The highest BCUT2D eigenvalue weighted by Gasteiger charge is 2.21. The maximum absolute atomic E-state index is 5.85. The van der Waals surface area contributed by atoms with Gasteiger partial charge in [-0.15, -0.1) is 10.2 Å². The van der Waals surface area contributed by atoms with Gasteiger partial charge in [0.15, 0.2) is 5.82 Å². The normalized spacial score (nSPS) is 19.1. The molecule has 0 saturated carbocycles. The first-order chi connectivity index (χ1) is 10.8. The van der Waals surface area contributed by atoms with Crippen LogP contribution < -0.4 is 4.74 Å². The maximum atomic E-state index is 5.85. The van der Waals surface area contributed by atoms with E-state index in [1.54, 1.807) is 0 Å². The SMILES string of the molecule is CN1CCN(Cc2nnc3n2Cc2ccccc2OC3)CC1. The lowest BCUT2D eigenvalue weighted by atomic mass is 10.2. The highest BCUT2D eigenvalue weighted by Crippen LogP contribution is 2.24. The van der Waals surface area contributed by atoms with Crippen molar-refractivity contribution in [2.75, 3.05) is 33.2 Å². The molecule has 1 fully saturated rings. The van der Waals surface area contributed by atoms with Crippen molar-refractivity contribution in [3.05, 3.63) is 41.5 Å². The van der Waals surface area contributed by atoms with E-state index in [4.69, 9.17) is 4.74 Å². The molecule has 6 heteroatoms. The molecular formula is C16H21N5O. The molecule has 2 aliphatic heterocycles. The van der Waals surface area contributed by atoms with Gasteiger partial charge in [-0.3, -0.25) is 4.90 Å². The summed E-state index contributed by atoms with van der Waals surface area (Å²) in [4.78, 5) is 4.82. The predicted molar refractivity (Wildman–Crippen MR) is 82.7 cm³/mol. The average Bonchev–Trinajstić information content (AvgIpc) is 2.80. The molecule has 0 unspecified atom stereocenters. The number of hydrogen-bond acceptors (Lipinski definition) is 5. The Morgan fingerprint density at radius 2 is 1.91 bits per heavy atom. The van der Waals surface area contributed by atoms with Crippen LogP contribution in [0.25, 0.3) is 0 Å². The molecule has 4 rings (SSSR count). The first-order valence-corrected chi connectivity index (χ1v) is 7.82. The zero-order valence-electron chi connectivity index (χ0n) is 12.9. The van der Waals surface area contributed by atoms with Gasteiger partial charge in [-0.25, -0.2) is 0 Å². The van der Waals surface area contributed by atoms with E-state index in [0.717, 1.165) is 56.7 Å². The van der Waals surface area contributed by atoms with E-state index in [-0.39, 0.29) is 0 Å². The molecule has 0 atom stereocenters. The molecule has 3 heterocycles. The molecule has 0 N–H and O–H groups in total. The lowest BCUT2D eigenvalue weighted by molar-refractivity contribution is 0.144.